The number of rotatable bonds is 8. The van der Waals surface area contributed by atoms with Crippen LogP contribution in [0.5, 0.6) is 0 Å². The van der Waals surface area contributed by atoms with Crippen LogP contribution in [0.15, 0.2) is 57.9 Å². The average molecular weight is 530 g/mol. The first-order valence-electron chi connectivity index (χ1n) is 12.2. The highest BCUT2D eigenvalue weighted by Crippen LogP contribution is 2.31. The van der Waals surface area contributed by atoms with E-state index in [4.69, 9.17) is 4.52 Å². The molecule has 37 heavy (non-hydrogen) atoms. The van der Waals surface area contributed by atoms with Gasteiger partial charge >= 0.3 is 0 Å². The van der Waals surface area contributed by atoms with E-state index in [1.807, 2.05) is 6.92 Å². The van der Waals surface area contributed by atoms with Crippen molar-refractivity contribution in [2.75, 3.05) is 24.5 Å². The zero-order chi connectivity index (χ0) is 26.6. The van der Waals surface area contributed by atoms with E-state index in [-0.39, 0.29) is 46.6 Å². The van der Waals surface area contributed by atoms with Crippen molar-refractivity contribution in [3.8, 4) is 0 Å². The number of hydrogen-bond donors (Lipinski definition) is 0. The highest BCUT2D eigenvalue weighted by atomic mass is 32.2. The van der Waals surface area contributed by atoms with Gasteiger partial charge in [0.15, 0.2) is 10.7 Å². The molecule has 0 saturated carbocycles. The molecule has 1 aliphatic rings. The maximum absolute atomic E-state index is 14.4. The smallest absolute Gasteiger partial charge is 0.248 e. The summed E-state index contributed by atoms with van der Waals surface area (Å²) in [6.45, 7) is 4.06. The summed E-state index contributed by atoms with van der Waals surface area (Å²) in [6, 6.07) is 12.3. The number of aryl methyl sites for hydroxylation is 1. The van der Waals surface area contributed by atoms with Crippen LogP contribution in [-0.4, -0.2) is 43.4 Å². The van der Waals surface area contributed by atoms with Crippen molar-refractivity contribution in [3.63, 3.8) is 0 Å². The van der Waals surface area contributed by atoms with Gasteiger partial charge in [0.25, 0.3) is 0 Å². The predicted molar refractivity (Wildman–Crippen MR) is 137 cm³/mol. The Bertz CT molecular complexity index is 1400. The van der Waals surface area contributed by atoms with Gasteiger partial charge in [-0.25, -0.2) is 17.2 Å². The van der Waals surface area contributed by atoms with E-state index in [9.17, 15) is 22.0 Å². The summed E-state index contributed by atoms with van der Waals surface area (Å²) in [6.07, 6.45) is 4.08. The van der Waals surface area contributed by atoms with Crippen molar-refractivity contribution in [2.24, 2.45) is 5.92 Å². The molecule has 2 heterocycles. The third-order valence-electron chi connectivity index (χ3n) is 6.41. The van der Waals surface area contributed by atoms with Crippen LogP contribution in [0.25, 0.3) is 12.2 Å². The van der Waals surface area contributed by atoms with E-state index in [1.165, 1.54) is 40.4 Å². The molecule has 4 rings (SSSR count). The fraction of sp³-hybridized carbons (Fsp3) is 0.333. The zero-order valence-corrected chi connectivity index (χ0v) is 21.5. The molecule has 1 aromatic heterocycles. The van der Waals surface area contributed by atoms with Gasteiger partial charge in [-0.05, 0) is 56.5 Å². The minimum atomic E-state index is -3.99. The van der Waals surface area contributed by atoms with Crippen molar-refractivity contribution in [1.29, 1.82) is 0 Å². The fourth-order valence-electron chi connectivity index (χ4n) is 4.51. The van der Waals surface area contributed by atoms with Gasteiger partial charge in [-0.1, -0.05) is 42.4 Å². The molecule has 1 amide bonds. The number of para-hydroxylation sites is 1. The van der Waals surface area contributed by atoms with Crippen molar-refractivity contribution in [2.45, 2.75) is 38.0 Å². The molecule has 196 valence electrons. The van der Waals surface area contributed by atoms with E-state index in [1.54, 1.807) is 36.4 Å². The molecule has 2 aromatic carbocycles. The molecule has 7 nitrogen and oxygen atoms in total. The quantitative estimate of drug-likeness (QED) is 0.397. The lowest BCUT2D eigenvalue weighted by Gasteiger charge is -2.33. The average Bonchev–Trinajstić information content (AvgIpc) is 3.28. The molecular weight excluding hydrogens is 500 g/mol. The van der Waals surface area contributed by atoms with Gasteiger partial charge in [-0.2, -0.15) is 4.31 Å². The highest BCUT2D eigenvalue weighted by molar-refractivity contribution is 7.89. The third kappa shape index (κ3) is 5.65. The lowest BCUT2D eigenvalue weighted by atomic mass is 9.96. The standard InChI is InChI=1S/C27H29F2N3O4S/c1-3-16-32(24-11-7-6-10-23(24)29)27(33)21-14-17-31(18-15-21)37(34,35)26-19(2)30-36-25(26)13-12-20-8-4-5-9-22(20)28/h4-13,21H,3,14-18H2,1-2H3/b13-12+. The molecule has 1 aliphatic heterocycles. The number of carbonyl (C=O) groups is 1. The summed E-state index contributed by atoms with van der Waals surface area (Å²) < 4.78 is 62.0. The Kier molecular flexibility index (Phi) is 8.19. The van der Waals surface area contributed by atoms with E-state index >= 15 is 0 Å². The predicted octanol–water partition coefficient (Wildman–Crippen LogP) is 5.28. The number of piperidine rings is 1. The number of amides is 1. The summed E-state index contributed by atoms with van der Waals surface area (Å²) in [7, 11) is -3.99. The molecule has 1 saturated heterocycles. The SMILES string of the molecule is CCCN(C(=O)C1CCN(S(=O)(=O)c2c(C)noc2/C=C/c2ccccc2F)CC1)c1ccccc1F. The van der Waals surface area contributed by atoms with E-state index in [0.29, 0.717) is 25.8 Å². The largest absolute Gasteiger partial charge is 0.355 e. The number of hydrogen-bond acceptors (Lipinski definition) is 5. The molecule has 1 fully saturated rings. The molecule has 0 radical (unpaired) electrons. The Labute approximate surface area is 215 Å². The van der Waals surface area contributed by atoms with Crippen LogP contribution in [0.2, 0.25) is 0 Å². The summed E-state index contributed by atoms with van der Waals surface area (Å²) in [5.41, 5.74) is 0.710. The Morgan fingerprint density at radius 3 is 2.38 bits per heavy atom. The molecule has 10 heteroatoms. The van der Waals surface area contributed by atoms with Gasteiger partial charge in [-0.15, -0.1) is 0 Å². The fourth-order valence-corrected chi connectivity index (χ4v) is 6.23. The Morgan fingerprint density at radius 1 is 1.08 bits per heavy atom. The lowest BCUT2D eigenvalue weighted by Crippen LogP contribution is -2.45. The topological polar surface area (TPSA) is 83.7 Å². The minimum absolute atomic E-state index is 0.00706. The van der Waals surface area contributed by atoms with Gasteiger partial charge in [0.05, 0.1) is 5.69 Å². The Hall–Kier alpha value is -3.37. The molecular formula is C27H29F2N3O4S. The lowest BCUT2D eigenvalue weighted by molar-refractivity contribution is -0.123. The summed E-state index contributed by atoms with van der Waals surface area (Å²) >= 11 is 0. The van der Waals surface area contributed by atoms with Gasteiger partial charge in [0.2, 0.25) is 15.9 Å². The first kappa shape index (κ1) is 26.7. The number of nitrogens with zero attached hydrogens (tertiary/aromatic N) is 3. The second-order valence-electron chi connectivity index (χ2n) is 8.94. The van der Waals surface area contributed by atoms with Crippen molar-refractivity contribution < 1.29 is 26.5 Å². The van der Waals surface area contributed by atoms with Crippen molar-refractivity contribution in [3.05, 3.63) is 77.2 Å². The van der Waals surface area contributed by atoms with Crippen LogP contribution in [0.4, 0.5) is 14.5 Å². The maximum atomic E-state index is 14.4. The number of aromatic nitrogens is 1. The van der Waals surface area contributed by atoms with Gasteiger partial charge < -0.3 is 9.42 Å². The van der Waals surface area contributed by atoms with E-state index in [0.717, 1.165) is 0 Å². The first-order valence-corrected chi connectivity index (χ1v) is 13.6. The molecule has 0 aliphatic carbocycles. The van der Waals surface area contributed by atoms with Crippen LogP contribution < -0.4 is 4.90 Å². The van der Waals surface area contributed by atoms with E-state index in [2.05, 4.69) is 5.16 Å². The number of carbonyl (C=O) groups excluding carboxylic acids is 1. The molecule has 3 aromatic rings. The minimum Gasteiger partial charge on any atom is -0.355 e. The number of benzene rings is 2. The Morgan fingerprint density at radius 2 is 1.73 bits per heavy atom. The van der Waals surface area contributed by atoms with Crippen LogP contribution in [-0.2, 0) is 14.8 Å². The molecule has 0 atom stereocenters. The molecule has 0 N–H and O–H groups in total. The van der Waals surface area contributed by atoms with Crippen LogP contribution in [0.1, 0.15) is 43.2 Å². The zero-order valence-electron chi connectivity index (χ0n) is 20.7. The van der Waals surface area contributed by atoms with Crippen LogP contribution in [0.3, 0.4) is 0 Å². The summed E-state index contributed by atoms with van der Waals surface area (Å²) in [4.78, 5) is 14.7. The summed E-state index contributed by atoms with van der Waals surface area (Å²) in [5, 5.41) is 3.82. The van der Waals surface area contributed by atoms with Gasteiger partial charge in [0.1, 0.15) is 17.3 Å². The monoisotopic (exact) mass is 529 g/mol. The second-order valence-corrected chi connectivity index (χ2v) is 10.8. The number of halogens is 2. The first-order chi connectivity index (χ1) is 17.7. The van der Waals surface area contributed by atoms with Crippen LogP contribution in [0, 0.1) is 24.5 Å². The van der Waals surface area contributed by atoms with Gasteiger partial charge in [0, 0.05) is 31.1 Å². The van der Waals surface area contributed by atoms with Crippen molar-refractivity contribution in [1.82, 2.24) is 9.46 Å². The third-order valence-corrected chi connectivity index (χ3v) is 8.47. The Balaban J connectivity index is 1.50. The van der Waals surface area contributed by atoms with Crippen molar-refractivity contribution >= 4 is 33.8 Å². The van der Waals surface area contributed by atoms with Gasteiger partial charge in [-0.3, -0.25) is 4.79 Å². The summed E-state index contributed by atoms with van der Waals surface area (Å²) in [5.74, 6) is -1.55. The molecule has 0 unspecified atom stereocenters. The molecule has 0 bridgehead atoms. The number of sulfonamides is 1. The highest BCUT2D eigenvalue weighted by Gasteiger charge is 2.37. The van der Waals surface area contributed by atoms with E-state index < -0.39 is 27.6 Å². The second kappa shape index (κ2) is 11.4. The van der Waals surface area contributed by atoms with Crippen LogP contribution >= 0.6 is 0 Å². The number of anilines is 1. The normalized spacial score (nSPS) is 15.4. The maximum Gasteiger partial charge on any atom is 0.248 e. The molecule has 0 spiro atoms.